The number of benzene rings is 1. The summed E-state index contributed by atoms with van der Waals surface area (Å²) in [6.07, 6.45) is 0.224. The summed E-state index contributed by atoms with van der Waals surface area (Å²) in [6.45, 7) is -0.147. The molecule has 0 aliphatic carbocycles. The van der Waals surface area contributed by atoms with Gasteiger partial charge < -0.3 is 4.90 Å². The third-order valence-corrected chi connectivity index (χ3v) is 6.11. The molecule has 2 atom stereocenters. The molecule has 0 saturated carbocycles. The zero-order valence-electron chi connectivity index (χ0n) is 10.4. The van der Waals surface area contributed by atoms with Crippen LogP contribution in [0.15, 0.2) is 6.07 Å². The molecule has 2 aliphatic heterocycles. The Morgan fingerprint density at radius 3 is 2.33 bits per heavy atom. The highest BCUT2D eigenvalue weighted by atomic mass is 32.2. The van der Waals surface area contributed by atoms with Crippen molar-refractivity contribution >= 4 is 15.7 Å². The molecule has 2 aliphatic rings. The van der Waals surface area contributed by atoms with Gasteiger partial charge in [-0.05, 0) is 12.5 Å². The van der Waals surface area contributed by atoms with Crippen LogP contribution in [-0.2, 0) is 9.84 Å². The van der Waals surface area contributed by atoms with Crippen LogP contribution in [-0.4, -0.2) is 42.8 Å². The molecular formula is C12H9F4NO3S. The van der Waals surface area contributed by atoms with Gasteiger partial charge in [0.15, 0.2) is 33.1 Å². The van der Waals surface area contributed by atoms with E-state index in [0.717, 1.165) is 4.90 Å². The van der Waals surface area contributed by atoms with Crippen LogP contribution < -0.4 is 0 Å². The molecule has 9 heteroatoms. The van der Waals surface area contributed by atoms with Crippen LogP contribution in [0.2, 0.25) is 0 Å². The average molecular weight is 323 g/mol. The second-order valence-electron chi connectivity index (χ2n) is 5.15. The van der Waals surface area contributed by atoms with E-state index in [1.165, 1.54) is 0 Å². The molecule has 21 heavy (non-hydrogen) atoms. The molecule has 0 spiro atoms. The molecule has 0 radical (unpaired) electrons. The van der Waals surface area contributed by atoms with Gasteiger partial charge in [-0.15, -0.1) is 0 Å². The summed E-state index contributed by atoms with van der Waals surface area (Å²) in [5.41, 5.74) is -0.934. The van der Waals surface area contributed by atoms with Gasteiger partial charge in [-0.1, -0.05) is 0 Å². The van der Waals surface area contributed by atoms with Gasteiger partial charge in [-0.2, -0.15) is 0 Å². The predicted molar refractivity (Wildman–Crippen MR) is 63.3 cm³/mol. The third-order valence-electron chi connectivity index (χ3n) is 3.90. The maximum atomic E-state index is 13.6. The van der Waals surface area contributed by atoms with E-state index in [0.29, 0.717) is 0 Å². The average Bonchev–Trinajstić information content (AvgIpc) is 2.95. The zero-order valence-corrected chi connectivity index (χ0v) is 11.3. The number of likely N-dealkylation sites (tertiary alicyclic amines) is 1. The molecular weight excluding hydrogens is 314 g/mol. The van der Waals surface area contributed by atoms with Gasteiger partial charge in [0.1, 0.15) is 0 Å². The van der Waals surface area contributed by atoms with Crippen molar-refractivity contribution in [1.29, 1.82) is 0 Å². The van der Waals surface area contributed by atoms with Crippen molar-refractivity contribution in [1.82, 2.24) is 4.90 Å². The summed E-state index contributed by atoms with van der Waals surface area (Å²) in [7, 11) is -3.26. The van der Waals surface area contributed by atoms with Gasteiger partial charge in [0.25, 0.3) is 5.91 Å². The fourth-order valence-electron chi connectivity index (χ4n) is 2.83. The van der Waals surface area contributed by atoms with Crippen molar-refractivity contribution in [2.24, 2.45) is 0 Å². The smallest absolute Gasteiger partial charge is 0.257 e. The first-order valence-corrected chi connectivity index (χ1v) is 7.79. The molecule has 114 valence electrons. The SMILES string of the molecule is O=C(c1cc(F)c(F)c(F)c1F)N1CC2CC1CS2(=O)=O. The molecule has 4 nitrogen and oxygen atoms in total. The molecule has 1 aromatic rings. The number of amides is 1. The number of fused-ring (bicyclic) bond motifs is 2. The first-order valence-electron chi connectivity index (χ1n) is 6.08. The Morgan fingerprint density at radius 2 is 1.81 bits per heavy atom. The lowest BCUT2D eigenvalue weighted by atomic mass is 10.1. The molecule has 1 aromatic carbocycles. The Hall–Kier alpha value is -1.64. The van der Waals surface area contributed by atoms with E-state index >= 15 is 0 Å². The Morgan fingerprint density at radius 1 is 1.14 bits per heavy atom. The highest BCUT2D eigenvalue weighted by Gasteiger charge is 2.50. The van der Waals surface area contributed by atoms with E-state index in [1.54, 1.807) is 0 Å². The summed E-state index contributed by atoms with van der Waals surface area (Å²) in [6, 6.07) is -0.348. The van der Waals surface area contributed by atoms with E-state index in [2.05, 4.69) is 0 Å². The first-order chi connectivity index (χ1) is 9.72. The minimum atomic E-state index is -3.26. The van der Waals surface area contributed by atoms with Crippen molar-refractivity contribution < 1.29 is 30.8 Å². The van der Waals surface area contributed by atoms with Crippen molar-refractivity contribution in [2.45, 2.75) is 17.7 Å². The van der Waals surface area contributed by atoms with Crippen molar-refractivity contribution in [3.63, 3.8) is 0 Å². The molecule has 2 bridgehead atoms. The number of carbonyl (C=O) groups excluding carboxylic acids is 1. The van der Waals surface area contributed by atoms with Crippen LogP contribution in [0.5, 0.6) is 0 Å². The minimum absolute atomic E-state index is 0.147. The number of hydrogen-bond donors (Lipinski definition) is 0. The van der Waals surface area contributed by atoms with Gasteiger partial charge in [0, 0.05) is 12.6 Å². The maximum absolute atomic E-state index is 13.6. The van der Waals surface area contributed by atoms with Crippen LogP contribution in [0.25, 0.3) is 0 Å². The van der Waals surface area contributed by atoms with Gasteiger partial charge in [0.2, 0.25) is 0 Å². The third kappa shape index (κ3) is 2.02. The van der Waals surface area contributed by atoms with Crippen molar-refractivity contribution in [3.05, 3.63) is 34.9 Å². The van der Waals surface area contributed by atoms with E-state index < -0.39 is 55.9 Å². The molecule has 0 N–H and O–H groups in total. The standard InChI is InChI=1S/C12H9F4NO3S/c13-8-2-7(9(14)11(16)10(8)15)12(18)17-3-6-1-5(17)4-21(6,19)20/h2,5-6H,1,3-4H2. The number of nitrogens with zero attached hydrogens (tertiary/aromatic N) is 1. The molecule has 2 saturated heterocycles. The van der Waals surface area contributed by atoms with Crippen LogP contribution in [0.4, 0.5) is 17.6 Å². The second-order valence-corrected chi connectivity index (χ2v) is 7.47. The van der Waals surface area contributed by atoms with Gasteiger partial charge in [-0.25, -0.2) is 26.0 Å². The molecule has 2 fully saturated rings. The fraction of sp³-hybridized carbons (Fsp3) is 0.417. The Labute approximate surface area is 117 Å². The quantitative estimate of drug-likeness (QED) is 0.444. The Kier molecular flexibility index (Phi) is 3.01. The number of sulfone groups is 1. The van der Waals surface area contributed by atoms with E-state index in [1.807, 2.05) is 0 Å². The topological polar surface area (TPSA) is 54.5 Å². The minimum Gasteiger partial charge on any atom is -0.333 e. The molecule has 2 heterocycles. The summed E-state index contributed by atoms with van der Waals surface area (Å²) >= 11 is 0. The first kappa shape index (κ1) is 14.3. The Balaban J connectivity index is 1.95. The van der Waals surface area contributed by atoms with E-state index in [9.17, 15) is 30.8 Å². The summed E-state index contributed by atoms with van der Waals surface area (Å²) < 4.78 is 75.9. The van der Waals surface area contributed by atoms with E-state index in [4.69, 9.17) is 0 Å². The lowest BCUT2D eigenvalue weighted by Gasteiger charge is -2.27. The lowest BCUT2D eigenvalue weighted by Crippen LogP contribution is -2.44. The van der Waals surface area contributed by atoms with Gasteiger partial charge >= 0.3 is 0 Å². The van der Waals surface area contributed by atoms with E-state index in [-0.39, 0.29) is 24.8 Å². The lowest BCUT2D eigenvalue weighted by molar-refractivity contribution is 0.0739. The summed E-state index contributed by atoms with van der Waals surface area (Å²) in [4.78, 5) is 13.2. The van der Waals surface area contributed by atoms with Gasteiger partial charge in [-0.3, -0.25) is 4.79 Å². The summed E-state index contributed by atoms with van der Waals surface area (Å²) in [5.74, 6) is -8.78. The van der Waals surface area contributed by atoms with Crippen LogP contribution in [0.1, 0.15) is 16.8 Å². The predicted octanol–water partition coefficient (Wildman–Crippen LogP) is 1.25. The largest absolute Gasteiger partial charge is 0.333 e. The highest BCUT2D eigenvalue weighted by molar-refractivity contribution is 7.92. The molecule has 1 amide bonds. The second kappa shape index (κ2) is 4.43. The fourth-order valence-corrected chi connectivity index (χ4v) is 4.86. The molecule has 3 rings (SSSR count). The van der Waals surface area contributed by atoms with Crippen molar-refractivity contribution in [3.8, 4) is 0 Å². The van der Waals surface area contributed by atoms with Crippen LogP contribution in [0.3, 0.4) is 0 Å². The number of hydrogen-bond acceptors (Lipinski definition) is 3. The zero-order chi connectivity index (χ0) is 15.5. The summed E-state index contributed by atoms with van der Waals surface area (Å²) in [5, 5.41) is -0.732. The Bertz CT molecular complexity index is 749. The number of rotatable bonds is 1. The van der Waals surface area contributed by atoms with Crippen LogP contribution >= 0.6 is 0 Å². The van der Waals surface area contributed by atoms with Crippen molar-refractivity contribution in [2.75, 3.05) is 12.3 Å². The normalized spacial score (nSPS) is 26.4. The molecule has 2 unspecified atom stereocenters. The number of halogens is 4. The van der Waals surface area contributed by atoms with Crippen LogP contribution in [0, 0.1) is 23.3 Å². The van der Waals surface area contributed by atoms with Gasteiger partial charge in [0.05, 0.1) is 16.6 Å². The monoisotopic (exact) mass is 323 g/mol. The molecule has 0 aromatic heterocycles. The maximum Gasteiger partial charge on any atom is 0.257 e. The number of carbonyl (C=O) groups is 1. The highest BCUT2D eigenvalue weighted by Crippen LogP contribution is 2.34.